The second-order valence-electron chi connectivity index (χ2n) is 6.20. The molecule has 23 heavy (non-hydrogen) atoms. The van der Waals surface area contributed by atoms with Crippen LogP contribution in [0.5, 0.6) is 0 Å². The van der Waals surface area contributed by atoms with Crippen LogP contribution in [0.2, 0.25) is 0 Å². The third kappa shape index (κ3) is 9.13. The van der Waals surface area contributed by atoms with E-state index in [0.29, 0.717) is 5.75 Å². The van der Waals surface area contributed by atoms with E-state index in [4.69, 9.17) is 4.74 Å². The van der Waals surface area contributed by atoms with Crippen molar-refractivity contribution in [2.45, 2.75) is 45.3 Å². The summed E-state index contributed by atoms with van der Waals surface area (Å²) in [4.78, 5) is 22.8. The monoisotopic (exact) mass is 339 g/mol. The SMILES string of the molecule is CC(C)(C)OC(=O)N[C@@H](CSCCCc1ccccc1)C(=O)O. The van der Waals surface area contributed by atoms with Gasteiger partial charge in [-0.1, -0.05) is 30.3 Å². The van der Waals surface area contributed by atoms with Crippen molar-refractivity contribution in [1.29, 1.82) is 0 Å². The average Bonchev–Trinajstić information content (AvgIpc) is 2.44. The topological polar surface area (TPSA) is 75.6 Å². The third-order valence-electron chi connectivity index (χ3n) is 2.87. The number of aryl methyl sites for hydroxylation is 1. The van der Waals surface area contributed by atoms with Crippen molar-refractivity contribution in [3.8, 4) is 0 Å². The van der Waals surface area contributed by atoms with Crippen molar-refractivity contribution in [2.75, 3.05) is 11.5 Å². The predicted octanol–water partition coefficient (Wildman–Crippen LogP) is 3.33. The van der Waals surface area contributed by atoms with Crippen molar-refractivity contribution in [1.82, 2.24) is 5.32 Å². The summed E-state index contributed by atoms with van der Waals surface area (Å²) in [6.07, 6.45) is 1.23. The van der Waals surface area contributed by atoms with E-state index < -0.39 is 23.7 Å². The molecule has 1 aromatic carbocycles. The van der Waals surface area contributed by atoms with Crippen molar-refractivity contribution >= 4 is 23.8 Å². The Hall–Kier alpha value is -1.69. The number of ether oxygens (including phenoxy) is 1. The lowest BCUT2D eigenvalue weighted by Crippen LogP contribution is -2.45. The van der Waals surface area contributed by atoms with Crippen molar-refractivity contribution < 1.29 is 19.4 Å². The normalized spacial score (nSPS) is 12.5. The smallest absolute Gasteiger partial charge is 0.408 e. The van der Waals surface area contributed by atoms with Crippen LogP contribution in [0, 0.1) is 0 Å². The van der Waals surface area contributed by atoms with Crippen molar-refractivity contribution in [3.63, 3.8) is 0 Å². The lowest BCUT2D eigenvalue weighted by molar-refractivity contribution is -0.138. The fraction of sp³-hybridized carbons (Fsp3) is 0.529. The van der Waals surface area contributed by atoms with E-state index >= 15 is 0 Å². The highest BCUT2D eigenvalue weighted by atomic mass is 32.2. The molecule has 6 heteroatoms. The summed E-state index contributed by atoms with van der Waals surface area (Å²) in [6.45, 7) is 5.21. The van der Waals surface area contributed by atoms with Crippen LogP contribution in [0.25, 0.3) is 0 Å². The summed E-state index contributed by atoms with van der Waals surface area (Å²) in [5.74, 6) is 0.115. The summed E-state index contributed by atoms with van der Waals surface area (Å²) in [6, 6.07) is 9.22. The minimum absolute atomic E-state index is 0.323. The van der Waals surface area contributed by atoms with Gasteiger partial charge in [-0.15, -0.1) is 0 Å². The highest BCUT2D eigenvalue weighted by Crippen LogP contribution is 2.11. The molecule has 0 aliphatic carbocycles. The standard InChI is InChI=1S/C17H25NO4S/c1-17(2,3)22-16(21)18-14(15(19)20)12-23-11-7-10-13-8-5-4-6-9-13/h4-6,8-9,14H,7,10-12H2,1-3H3,(H,18,21)(H,19,20)/t14-/m0/s1. The van der Waals surface area contributed by atoms with E-state index in [0.717, 1.165) is 18.6 Å². The quantitative estimate of drug-likeness (QED) is 0.711. The van der Waals surface area contributed by atoms with Gasteiger partial charge in [-0.05, 0) is 44.9 Å². The summed E-state index contributed by atoms with van der Waals surface area (Å²) >= 11 is 1.52. The van der Waals surface area contributed by atoms with Crippen molar-refractivity contribution in [3.05, 3.63) is 35.9 Å². The Morgan fingerprint density at radius 2 is 1.91 bits per heavy atom. The number of aliphatic carboxylic acids is 1. The fourth-order valence-electron chi connectivity index (χ4n) is 1.85. The van der Waals surface area contributed by atoms with Gasteiger partial charge in [-0.25, -0.2) is 9.59 Å². The van der Waals surface area contributed by atoms with Crippen LogP contribution < -0.4 is 5.32 Å². The zero-order valence-corrected chi connectivity index (χ0v) is 14.7. The van der Waals surface area contributed by atoms with Gasteiger partial charge in [0.1, 0.15) is 11.6 Å². The van der Waals surface area contributed by atoms with Gasteiger partial charge in [-0.3, -0.25) is 0 Å². The first-order valence-corrected chi connectivity index (χ1v) is 8.77. The first kappa shape index (κ1) is 19.4. The predicted molar refractivity (Wildman–Crippen MR) is 92.9 cm³/mol. The highest BCUT2D eigenvalue weighted by molar-refractivity contribution is 7.99. The van der Waals surface area contributed by atoms with Gasteiger partial charge in [-0.2, -0.15) is 11.8 Å². The molecule has 1 amide bonds. The van der Waals surface area contributed by atoms with Crippen LogP contribution in [0.3, 0.4) is 0 Å². The number of carboxylic acids is 1. The van der Waals surface area contributed by atoms with E-state index in [1.54, 1.807) is 20.8 Å². The molecule has 0 aromatic heterocycles. The van der Waals surface area contributed by atoms with Crippen LogP contribution >= 0.6 is 11.8 Å². The minimum atomic E-state index is -1.05. The zero-order chi connectivity index (χ0) is 17.3. The number of alkyl carbamates (subject to hydrolysis) is 1. The number of benzene rings is 1. The Morgan fingerprint density at radius 3 is 2.48 bits per heavy atom. The first-order valence-electron chi connectivity index (χ1n) is 7.62. The number of nitrogens with one attached hydrogen (secondary N) is 1. The minimum Gasteiger partial charge on any atom is -0.480 e. The summed E-state index contributed by atoms with van der Waals surface area (Å²) < 4.78 is 5.08. The highest BCUT2D eigenvalue weighted by Gasteiger charge is 2.23. The number of carbonyl (C=O) groups is 2. The van der Waals surface area contributed by atoms with Gasteiger partial charge < -0.3 is 15.2 Å². The number of thioether (sulfide) groups is 1. The molecule has 0 spiro atoms. The van der Waals surface area contributed by atoms with Gasteiger partial charge in [0.05, 0.1) is 0 Å². The number of hydrogen-bond donors (Lipinski definition) is 2. The first-order chi connectivity index (χ1) is 10.8. The summed E-state index contributed by atoms with van der Waals surface area (Å²) in [7, 11) is 0. The molecule has 0 saturated heterocycles. The summed E-state index contributed by atoms with van der Waals surface area (Å²) in [5.41, 5.74) is 0.630. The molecule has 2 N–H and O–H groups in total. The maximum absolute atomic E-state index is 11.6. The van der Waals surface area contributed by atoms with Crippen LogP contribution in [-0.2, 0) is 16.0 Å². The number of hydrogen-bond acceptors (Lipinski definition) is 4. The van der Waals surface area contributed by atoms with Gasteiger partial charge in [0.25, 0.3) is 0 Å². The zero-order valence-electron chi connectivity index (χ0n) is 13.9. The largest absolute Gasteiger partial charge is 0.480 e. The van der Waals surface area contributed by atoms with E-state index in [1.807, 2.05) is 18.2 Å². The van der Waals surface area contributed by atoms with Crippen LogP contribution in [0.15, 0.2) is 30.3 Å². The van der Waals surface area contributed by atoms with Crippen LogP contribution in [0.4, 0.5) is 4.79 Å². The summed E-state index contributed by atoms with van der Waals surface area (Å²) in [5, 5.41) is 11.6. The molecular weight excluding hydrogens is 314 g/mol. The Kier molecular flexibility index (Phi) is 7.95. The fourth-order valence-corrected chi connectivity index (χ4v) is 2.83. The molecule has 0 radical (unpaired) electrons. The van der Waals surface area contributed by atoms with E-state index in [1.165, 1.54) is 17.3 Å². The molecule has 0 fully saturated rings. The van der Waals surface area contributed by atoms with Gasteiger partial charge in [0.2, 0.25) is 0 Å². The molecule has 0 aliphatic heterocycles. The Labute approximate surface area is 141 Å². The maximum atomic E-state index is 11.6. The number of carbonyl (C=O) groups excluding carboxylic acids is 1. The average molecular weight is 339 g/mol. The van der Waals surface area contributed by atoms with Crippen LogP contribution in [-0.4, -0.2) is 40.3 Å². The molecular formula is C17H25NO4S. The lowest BCUT2D eigenvalue weighted by atomic mass is 10.1. The molecule has 1 rings (SSSR count). The Morgan fingerprint density at radius 1 is 1.26 bits per heavy atom. The molecule has 0 heterocycles. The number of amides is 1. The van der Waals surface area contributed by atoms with Gasteiger partial charge in [0, 0.05) is 5.75 Å². The maximum Gasteiger partial charge on any atom is 0.408 e. The lowest BCUT2D eigenvalue weighted by Gasteiger charge is -2.21. The molecule has 5 nitrogen and oxygen atoms in total. The number of rotatable bonds is 8. The number of carboxylic acid groups (broad SMARTS) is 1. The van der Waals surface area contributed by atoms with Gasteiger partial charge in [0.15, 0.2) is 0 Å². The molecule has 0 bridgehead atoms. The van der Waals surface area contributed by atoms with Gasteiger partial charge >= 0.3 is 12.1 Å². The van der Waals surface area contributed by atoms with E-state index in [2.05, 4.69) is 17.4 Å². The van der Waals surface area contributed by atoms with E-state index in [-0.39, 0.29) is 0 Å². The molecule has 1 atom stereocenters. The molecule has 0 unspecified atom stereocenters. The molecule has 0 aliphatic rings. The van der Waals surface area contributed by atoms with Crippen LogP contribution in [0.1, 0.15) is 32.8 Å². The molecule has 0 saturated carbocycles. The molecule has 128 valence electrons. The molecule has 1 aromatic rings. The Bertz CT molecular complexity index is 499. The second-order valence-corrected chi connectivity index (χ2v) is 7.35. The van der Waals surface area contributed by atoms with Crippen molar-refractivity contribution in [2.24, 2.45) is 0 Å². The Balaban J connectivity index is 2.28. The second kappa shape index (κ2) is 9.45. The third-order valence-corrected chi connectivity index (χ3v) is 4.02. The van der Waals surface area contributed by atoms with E-state index in [9.17, 15) is 14.7 Å².